The molecule has 4 nitrogen and oxygen atoms in total. The SMILES string of the molecule is CC(CCC(=O)O)NOCc1ccccc1. The first kappa shape index (κ1) is 12.7. The van der Waals surface area contributed by atoms with E-state index in [1.807, 2.05) is 37.3 Å². The molecule has 88 valence electrons. The Labute approximate surface area is 95.2 Å². The third-order valence-corrected chi connectivity index (χ3v) is 2.16. The van der Waals surface area contributed by atoms with E-state index in [4.69, 9.17) is 9.94 Å². The minimum atomic E-state index is -0.781. The highest BCUT2D eigenvalue weighted by atomic mass is 16.6. The third kappa shape index (κ3) is 5.48. The lowest BCUT2D eigenvalue weighted by Gasteiger charge is -2.12. The van der Waals surface area contributed by atoms with Gasteiger partial charge in [0, 0.05) is 12.5 Å². The van der Waals surface area contributed by atoms with Crippen LogP contribution in [-0.2, 0) is 16.2 Å². The van der Waals surface area contributed by atoms with Gasteiger partial charge in [-0.25, -0.2) is 0 Å². The molecule has 0 fully saturated rings. The van der Waals surface area contributed by atoms with E-state index in [2.05, 4.69) is 5.48 Å². The maximum atomic E-state index is 10.3. The summed E-state index contributed by atoms with van der Waals surface area (Å²) in [6.07, 6.45) is 0.715. The van der Waals surface area contributed by atoms with Crippen molar-refractivity contribution in [3.05, 3.63) is 35.9 Å². The Bertz CT molecular complexity index is 313. The summed E-state index contributed by atoms with van der Waals surface area (Å²) in [5.41, 5.74) is 3.91. The second kappa shape index (κ2) is 6.98. The van der Waals surface area contributed by atoms with Gasteiger partial charge in [0.15, 0.2) is 0 Å². The van der Waals surface area contributed by atoms with E-state index in [0.717, 1.165) is 5.56 Å². The normalized spacial score (nSPS) is 12.3. The summed E-state index contributed by atoms with van der Waals surface area (Å²) in [6.45, 7) is 2.38. The Balaban J connectivity index is 2.13. The predicted molar refractivity (Wildman–Crippen MR) is 60.7 cm³/mol. The van der Waals surface area contributed by atoms with Gasteiger partial charge in [-0.05, 0) is 18.9 Å². The quantitative estimate of drug-likeness (QED) is 0.694. The molecule has 0 saturated heterocycles. The highest BCUT2D eigenvalue weighted by molar-refractivity contribution is 5.66. The number of rotatable bonds is 7. The van der Waals surface area contributed by atoms with Gasteiger partial charge in [0.25, 0.3) is 0 Å². The van der Waals surface area contributed by atoms with Crippen LogP contribution in [0.4, 0.5) is 0 Å². The molecule has 1 atom stereocenters. The van der Waals surface area contributed by atoms with Crippen molar-refractivity contribution in [2.45, 2.75) is 32.4 Å². The first-order chi connectivity index (χ1) is 7.68. The van der Waals surface area contributed by atoms with Crippen LogP contribution < -0.4 is 5.48 Å². The molecule has 1 rings (SSSR count). The Morgan fingerprint density at radius 1 is 1.44 bits per heavy atom. The van der Waals surface area contributed by atoms with Crippen LogP contribution in [0.1, 0.15) is 25.3 Å². The van der Waals surface area contributed by atoms with Crippen molar-refractivity contribution in [2.75, 3.05) is 0 Å². The Morgan fingerprint density at radius 3 is 2.75 bits per heavy atom. The molecule has 0 aliphatic rings. The number of carbonyl (C=O) groups is 1. The maximum absolute atomic E-state index is 10.3. The number of nitrogens with one attached hydrogen (secondary N) is 1. The molecular weight excluding hydrogens is 206 g/mol. The molecule has 16 heavy (non-hydrogen) atoms. The molecule has 0 heterocycles. The molecule has 0 radical (unpaired) electrons. The summed E-state index contributed by atoms with van der Waals surface area (Å²) < 4.78 is 0. The molecule has 1 unspecified atom stereocenters. The van der Waals surface area contributed by atoms with Crippen LogP contribution in [0.3, 0.4) is 0 Å². The van der Waals surface area contributed by atoms with Gasteiger partial charge in [-0.3, -0.25) is 9.63 Å². The molecule has 4 heteroatoms. The summed E-state index contributed by atoms with van der Waals surface area (Å²) in [6, 6.07) is 9.85. The maximum Gasteiger partial charge on any atom is 0.303 e. The van der Waals surface area contributed by atoms with E-state index in [1.54, 1.807) is 0 Å². The summed E-state index contributed by atoms with van der Waals surface area (Å²) in [4.78, 5) is 15.6. The van der Waals surface area contributed by atoms with E-state index in [9.17, 15) is 4.79 Å². The van der Waals surface area contributed by atoms with Gasteiger partial charge in [-0.1, -0.05) is 30.3 Å². The molecule has 1 aromatic carbocycles. The largest absolute Gasteiger partial charge is 0.481 e. The van der Waals surface area contributed by atoms with Gasteiger partial charge in [0.1, 0.15) is 0 Å². The molecule has 0 saturated carbocycles. The van der Waals surface area contributed by atoms with E-state index in [-0.39, 0.29) is 12.5 Å². The topological polar surface area (TPSA) is 58.6 Å². The number of aliphatic carboxylic acids is 1. The highest BCUT2D eigenvalue weighted by Crippen LogP contribution is 2.01. The summed E-state index contributed by atoms with van der Waals surface area (Å²) in [7, 11) is 0. The van der Waals surface area contributed by atoms with Crippen LogP contribution in [0, 0.1) is 0 Å². The fourth-order valence-electron chi connectivity index (χ4n) is 1.24. The van der Waals surface area contributed by atoms with E-state index >= 15 is 0 Å². The molecule has 1 aromatic rings. The van der Waals surface area contributed by atoms with Crippen LogP contribution in [-0.4, -0.2) is 17.1 Å². The molecule has 2 N–H and O–H groups in total. The van der Waals surface area contributed by atoms with E-state index in [1.165, 1.54) is 0 Å². The van der Waals surface area contributed by atoms with Gasteiger partial charge < -0.3 is 5.11 Å². The predicted octanol–water partition coefficient (Wildman–Crippen LogP) is 1.96. The minimum absolute atomic E-state index is 0.0415. The Hall–Kier alpha value is -1.39. The number of benzene rings is 1. The fourth-order valence-corrected chi connectivity index (χ4v) is 1.24. The minimum Gasteiger partial charge on any atom is -0.481 e. The van der Waals surface area contributed by atoms with Gasteiger partial charge in [0.2, 0.25) is 0 Å². The lowest BCUT2D eigenvalue weighted by atomic mass is 10.2. The Kier molecular flexibility index (Phi) is 5.53. The zero-order chi connectivity index (χ0) is 11.8. The van der Waals surface area contributed by atoms with Crippen molar-refractivity contribution in [3.8, 4) is 0 Å². The number of hydrogen-bond donors (Lipinski definition) is 2. The first-order valence-corrected chi connectivity index (χ1v) is 5.31. The van der Waals surface area contributed by atoms with Crippen molar-refractivity contribution in [2.24, 2.45) is 0 Å². The van der Waals surface area contributed by atoms with E-state index in [0.29, 0.717) is 13.0 Å². The molecular formula is C12H17NO3. The standard InChI is InChI=1S/C12H17NO3/c1-10(7-8-12(14)15)13-16-9-11-5-3-2-4-6-11/h2-6,10,13H,7-9H2,1H3,(H,14,15). The molecule has 0 amide bonds. The van der Waals surface area contributed by atoms with E-state index < -0.39 is 5.97 Å². The molecule has 0 aromatic heterocycles. The van der Waals surface area contributed by atoms with Crippen molar-refractivity contribution in [3.63, 3.8) is 0 Å². The zero-order valence-corrected chi connectivity index (χ0v) is 9.35. The number of carboxylic acids is 1. The molecule has 0 spiro atoms. The van der Waals surface area contributed by atoms with Crippen molar-refractivity contribution in [1.82, 2.24) is 5.48 Å². The smallest absolute Gasteiger partial charge is 0.303 e. The Morgan fingerprint density at radius 2 is 2.12 bits per heavy atom. The summed E-state index contributed by atoms with van der Waals surface area (Å²) in [5.74, 6) is -0.781. The lowest BCUT2D eigenvalue weighted by molar-refractivity contribution is -0.137. The molecule has 0 bridgehead atoms. The second-order valence-corrected chi connectivity index (χ2v) is 3.73. The van der Waals surface area contributed by atoms with Crippen LogP contribution in [0.25, 0.3) is 0 Å². The molecule has 0 aliphatic heterocycles. The average Bonchev–Trinajstić information content (AvgIpc) is 2.28. The first-order valence-electron chi connectivity index (χ1n) is 5.31. The highest BCUT2D eigenvalue weighted by Gasteiger charge is 2.04. The van der Waals surface area contributed by atoms with Crippen LogP contribution in [0.2, 0.25) is 0 Å². The average molecular weight is 223 g/mol. The van der Waals surface area contributed by atoms with Gasteiger partial charge in [-0.2, -0.15) is 5.48 Å². The van der Waals surface area contributed by atoms with Crippen molar-refractivity contribution in [1.29, 1.82) is 0 Å². The third-order valence-electron chi connectivity index (χ3n) is 2.16. The van der Waals surface area contributed by atoms with Crippen LogP contribution in [0.15, 0.2) is 30.3 Å². The summed E-state index contributed by atoms with van der Waals surface area (Å²) in [5, 5.41) is 8.50. The van der Waals surface area contributed by atoms with Gasteiger partial charge in [-0.15, -0.1) is 0 Å². The van der Waals surface area contributed by atoms with Crippen LogP contribution >= 0.6 is 0 Å². The second-order valence-electron chi connectivity index (χ2n) is 3.73. The van der Waals surface area contributed by atoms with Gasteiger partial charge in [0.05, 0.1) is 6.61 Å². The van der Waals surface area contributed by atoms with Gasteiger partial charge >= 0.3 is 5.97 Å². The number of hydroxylamine groups is 1. The number of carboxylic acid groups (broad SMARTS) is 1. The monoisotopic (exact) mass is 223 g/mol. The number of hydrogen-bond acceptors (Lipinski definition) is 3. The summed E-state index contributed by atoms with van der Waals surface area (Å²) >= 11 is 0. The zero-order valence-electron chi connectivity index (χ0n) is 9.35. The lowest BCUT2D eigenvalue weighted by Crippen LogP contribution is -2.26. The molecule has 0 aliphatic carbocycles. The van der Waals surface area contributed by atoms with Crippen LogP contribution in [0.5, 0.6) is 0 Å². The fraction of sp³-hybridized carbons (Fsp3) is 0.417. The van der Waals surface area contributed by atoms with Crippen molar-refractivity contribution >= 4 is 5.97 Å². The van der Waals surface area contributed by atoms with Crippen molar-refractivity contribution < 1.29 is 14.7 Å².